The van der Waals surface area contributed by atoms with Gasteiger partial charge in [0.1, 0.15) is 12.4 Å². The lowest BCUT2D eigenvalue weighted by atomic mass is 10.0. The van der Waals surface area contributed by atoms with Crippen molar-refractivity contribution >= 4 is 21.8 Å². The van der Waals surface area contributed by atoms with E-state index in [2.05, 4.69) is 0 Å². The minimum absolute atomic E-state index is 0.0746. The lowest BCUT2D eigenvalue weighted by Gasteiger charge is -2.39. The number of carbonyl (C=O) groups excluding carboxylic acids is 1. The number of amides is 1. The first kappa shape index (κ1) is 18.9. The summed E-state index contributed by atoms with van der Waals surface area (Å²) >= 11 is 0. The SMILES string of the molecule is Cc1ccc2c(c1)COC(=O)N2C1CCN(S(=O)(=O)c2ccc(F)cc2)CC1. The normalized spacial score (nSPS) is 18.6. The fourth-order valence-corrected chi connectivity index (χ4v) is 5.28. The van der Waals surface area contributed by atoms with Gasteiger partial charge in [-0.15, -0.1) is 0 Å². The summed E-state index contributed by atoms with van der Waals surface area (Å²) in [5.74, 6) is -0.477. The average Bonchev–Trinajstić information content (AvgIpc) is 2.68. The van der Waals surface area contributed by atoms with Crippen molar-refractivity contribution < 1.29 is 22.3 Å². The number of nitrogens with zero attached hydrogens (tertiary/aromatic N) is 2. The van der Waals surface area contributed by atoms with Crippen molar-refractivity contribution in [2.75, 3.05) is 18.0 Å². The van der Waals surface area contributed by atoms with Crippen LogP contribution in [0.25, 0.3) is 0 Å². The second-order valence-corrected chi connectivity index (χ2v) is 9.08. The molecule has 0 atom stereocenters. The molecule has 0 aromatic heterocycles. The Hall–Kier alpha value is -2.45. The molecular formula is C20H21FN2O4S. The third kappa shape index (κ3) is 3.38. The van der Waals surface area contributed by atoms with Gasteiger partial charge in [0.15, 0.2) is 0 Å². The number of halogens is 1. The number of hydrogen-bond acceptors (Lipinski definition) is 4. The van der Waals surface area contributed by atoms with Gasteiger partial charge in [-0.3, -0.25) is 4.90 Å². The molecule has 148 valence electrons. The van der Waals surface area contributed by atoms with Crippen LogP contribution in [0.2, 0.25) is 0 Å². The zero-order chi connectivity index (χ0) is 19.9. The predicted molar refractivity (Wildman–Crippen MR) is 102 cm³/mol. The number of benzene rings is 2. The van der Waals surface area contributed by atoms with Crippen LogP contribution in [0.15, 0.2) is 47.4 Å². The zero-order valence-corrected chi connectivity index (χ0v) is 16.3. The van der Waals surface area contributed by atoms with E-state index >= 15 is 0 Å². The van der Waals surface area contributed by atoms with Crippen molar-refractivity contribution in [1.29, 1.82) is 0 Å². The highest BCUT2D eigenvalue weighted by Gasteiger charge is 2.37. The number of fused-ring (bicyclic) bond motifs is 1. The number of cyclic esters (lactones) is 1. The van der Waals surface area contributed by atoms with Gasteiger partial charge in [0.2, 0.25) is 10.0 Å². The summed E-state index contributed by atoms with van der Waals surface area (Å²) in [6, 6.07) is 10.6. The Balaban J connectivity index is 1.52. The largest absolute Gasteiger partial charge is 0.444 e. The fourth-order valence-electron chi connectivity index (χ4n) is 3.81. The first-order valence-electron chi connectivity index (χ1n) is 9.17. The number of anilines is 1. The van der Waals surface area contributed by atoms with Crippen LogP contribution < -0.4 is 4.90 Å². The number of piperidine rings is 1. The van der Waals surface area contributed by atoms with E-state index in [1.54, 1.807) is 4.90 Å². The highest BCUT2D eigenvalue weighted by molar-refractivity contribution is 7.89. The van der Waals surface area contributed by atoms with Crippen LogP contribution in [0.5, 0.6) is 0 Å². The van der Waals surface area contributed by atoms with Crippen molar-refractivity contribution in [1.82, 2.24) is 4.31 Å². The molecule has 0 saturated carbocycles. The maximum absolute atomic E-state index is 13.1. The second kappa shape index (κ2) is 7.18. The van der Waals surface area contributed by atoms with Gasteiger partial charge in [-0.25, -0.2) is 17.6 Å². The monoisotopic (exact) mass is 404 g/mol. The van der Waals surface area contributed by atoms with E-state index in [1.165, 1.54) is 16.4 Å². The van der Waals surface area contributed by atoms with Gasteiger partial charge < -0.3 is 4.74 Å². The van der Waals surface area contributed by atoms with E-state index in [4.69, 9.17) is 4.74 Å². The first-order chi connectivity index (χ1) is 13.4. The molecule has 0 aliphatic carbocycles. The third-order valence-corrected chi connectivity index (χ3v) is 7.20. The standard InChI is InChI=1S/C20H21FN2O4S/c1-14-2-7-19-15(12-14)13-27-20(24)23(19)17-8-10-22(11-9-17)28(25,26)18-5-3-16(21)4-6-18/h2-7,12,17H,8-11,13H2,1H3. The number of sulfonamides is 1. The van der Waals surface area contributed by atoms with E-state index in [0.717, 1.165) is 28.9 Å². The van der Waals surface area contributed by atoms with Crippen LogP contribution in [0, 0.1) is 12.7 Å². The molecule has 6 nitrogen and oxygen atoms in total. The van der Waals surface area contributed by atoms with Gasteiger partial charge >= 0.3 is 6.09 Å². The maximum Gasteiger partial charge on any atom is 0.414 e. The molecule has 2 aromatic rings. The molecule has 1 fully saturated rings. The molecule has 4 rings (SSSR count). The number of carbonyl (C=O) groups is 1. The molecule has 2 aliphatic rings. The molecule has 0 unspecified atom stereocenters. The lowest BCUT2D eigenvalue weighted by Crippen LogP contribution is -2.50. The Morgan fingerprint density at radius 1 is 1.07 bits per heavy atom. The smallest absolute Gasteiger partial charge is 0.414 e. The Bertz CT molecular complexity index is 999. The summed E-state index contributed by atoms with van der Waals surface area (Å²) in [5.41, 5.74) is 2.89. The Labute approximate surface area is 163 Å². The van der Waals surface area contributed by atoms with Gasteiger partial charge in [0.25, 0.3) is 0 Å². The van der Waals surface area contributed by atoms with Gasteiger partial charge in [-0.1, -0.05) is 17.7 Å². The van der Waals surface area contributed by atoms with Crippen LogP contribution in [0.1, 0.15) is 24.0 Å². The molecule has 0 bridgehead atoms. The summed E-state index contributed by atoms with van der Waals surface area (Å²) < 4.78 is 45.4. The van der Waals surface area contributed by atoms with Gasteiger partial charge in [-0.05, 0) is 50.1 Å². The van der Waals surface area contributed by atoms with Crippen LogP contribution >= 0.6 is 0 Å². The van der Waals surface area contributed by atoms with Crippen molar-refractivity contribution in [3.8, 4) is 0 Å². The van der Waals surface area contributed by atoms with Crippen molar-refractivity contribution in [3.05, 3.63) is 59.4 Å². The van der Waals surface area contributed by atoms with E-state index in [9.17, 15) is 17.6 Å². The molecule has 1 saturated heterocycles. The minimum Gasteiger partial charge on any atom is -0.444 e. The number of ether oxygens (including phenoxy) is 1. The van der Waals surface area contributed by atoms with Gasteiger partial charge in [-0.2, -0.15) is 4.31 Å². The Morgan fingerprint density at radius 2 is 1.75 bits per heavy atom. The van der Waals surface area contributed by atoms with Crippen LogP contribution in [-0.2, 0) is 21.4 Å². The third-order valence-electron chi connectivity index (χ3n) is 5.28. The first-order valence-corrected chi connectivity index (χ1v) is 10.6. The molecule has 2 aromatic carbocycles. The average molecular weight is 404 g/mol. The molecular weight excluding hydrogens is 383 g/mol. The summed E-state index contributed by atoms with van der Waals surface area (Å²) in [6.45, 7) is 2.81. The number of hydrogen-bond donors (Lipinski definition) is 0. The van der Waals surface area contributed by atoms with Crippen molar-refractivity contribution in [2.45, 2.75) is 37.3 Å². The Morgan fingerprint density at radius 3 is 2.43 bits per heavy atom. The summed E-state index contributed by atoms with van der Waals surface area (Å²) in [7, 11) is -3.68. The molecule has 1 amide bonds. The zero-order valence-electron chi connectivity index (χ0n) is 15.5. The van der Waals surface area contributed by atoms with Crippen LogP contribution in [0.3, 0.4) is 0 Å². The fraction of sp³-hybridized carbons (Fsp3) is 0.350. The van der Waals surface area contributed by atoms with Crippen molar-refractivity contribution in [2.24, 2.45) is 0 Å². The van der Waals surface area contributed by atoms with E-state index in [1.807, 2.05) is 25.1 Å². The topological polar surface area (TPSA) is 66.9 Å². The lowest BCUT2D eigenvalue weighted by molar-refractivity contribution is 0.135. The summed E-state index contributed by atoms with van der Waals surface area (Å²) in [5, 5.41) is 0. The van der Waals surface area contributed by atoms with Gasteiger partial charge in [0.05, 0.1) is 10.6 Å². The number of aryl methyl sites for hydroxylation is 1. The molecule has 2 heterocycles. The maximum atomic E-state index is 13.1. The molecule has 28 heavy (non-hydrogen) atoms. The van der Waals surface area contributed by atoms with E-state index in [-0.39, 0.29) is 30.6 Å². The van der Waals surface area contributed by atoms with Crippen LogP contribution in [-0.4, -0.2) is 37.9 Å². The van der Waals surface area contributed by atoms with Crippen LogP contribution in [0.4, 0.5) is 14.9 Å². The highest BCUT2D eigenvalue weighted by Crippen LogP contribution is 2.33. The number of rotatable bonds is 3. The van der Waals surface area contributed by atoms with Gasteiger partial charge in [0, 0.05) is 24.7 Å². The molecule has 0 N–H and O–H groups in total. The molecule has 8 heteroatoms. The molecule has 0 radical (unpaired) electrons. The Kier molecular flexibility index (Phi) is 4.84. The highest BCUT2D eigenvalue weighted by atomic mass is 32.2. The van der Waals surface area contributed by atoms with E-state index in [0.29, 0.717) is 12.8 Å². The minimum atomic E-state index is -3.68. The summed E-state index contributed by atoms with van der Waals surface area (Å²) in [6.07, 6.45) is 0.613. The van der Waals surface area contributed by atoms with Crippen molar-refractivity contribution in [3.63, 3.8) is 0 Å². The quantitative estimate of drug-likeness (QED) is 0.786. The van der Waals surface area contributed by atoms with E-state index < -0.39 is 21.9 Å². The predicted octanol–water partition coefficient (Wildman–Crippen LogP) is 3.44. The molecule has 0 spiro atoms. The summed E-state index contributed by atoms with van der Waals surface area (Å²) in [4.78, 5) is 14.1. The second-order valence-electron chi connectivity index (χ2n) is 7.15. The molecule has 2 aliphatic heterocycles.